The number of Topliss-reactive ketones (excluding diaryl/α,β-unsaturated/α-hetero) is 2. The second-order valence-corrected chi connectivity index (χ2v) is 9.29. The van der Waals surface area contributed by atoms with Crippen LogP contribution in [0.3, 0.4) is 0 Å². The van der Waals surface area contributed by atoms with Gasteiger partial charge in [0.2, 0.25) is 0 Å². The summed E-state index contributed by atoms with van der Waals surface area (Å²) in [6.07, 6.45) is 5.04. The molecule has 4 aliphatic carbocycles. The predicted octanol–water partition coefficient (Wildman–Crippen LogP) is 6.00. The minimum Gasteiger partial charge on any atom is -0.298 e. The molecule has 0 aromatic heterocycles. The fraction of sp³-hybridized carbons (Fsp3) is 0.440. The van der Waals surface area contributed by atoms with Crippen LogP contribution < -0.4 is 0 Å². The van der Waals surface area contributed by atoms with Gasteiger partial charge in [-0.3, -0.25) is 9.59 Å². The summed E-state index contributed by atoms with van der Waals surface area (Å²) in [5.74, 6) is -0.321. The van der Waals surface area contributed by atoms with Gasteiger partial charge < -0.3 is 0 Å². The van der Waals surface area contributed by atoms with Crippen molar-refractivity contribution in [3.8, 4) is 11.1 Å². The number of benzene rings is 2. The molecule has 0 heterocycles. The SMILES string of the molecule is CCc1ccc(-c2ccc(Cl)cc2F)cc1C1C(=O)C2C3CCC(CC3)C2C1=O. The van der Waals surface area contributed by atoms with Crippen LogP contribution in [0.5, 0.6) is 0 Å². The molecular weight excluding hydrogens is 387 g/mol. The lowest BCUT2D eigenvalue weighted by molar-refractivity contribution is -0.129. The van der Waals surface area contributed by atoms with E-state index in [2.05, 4.69) is 0 Å². The molecule has 0 saturated heterocycles. The molecule has 0 amide bonds. The summed E-state index contributed by atoms with van der Waals surface area (Å²) in [6, 6.07) is 10.3. The van der Waals surface area contributed by atoms with E-state index < -0.39 is 11.7 Å². The Kier molecular flexibility index (Phi) is 4.62. The molecule has 0 spiro atoms. The number of fused-ring (bicyclic) bond motifs is 2. The molecule has 2 aromatic carbocycles. The van der Waals surface area contributed by atoms with Gasteiger partial charge in [-0.2, -0.15) is 0 Å². The van der Waals surface area contributed by atoms with E-state index in [1.807, 2.05) is 25.1 Å². The van der Waals surface area contributed by atoms with Crippen molar-refractivity contribution in [3.05, 3.63) is 58.4 Å². The monoisotopic (exact) mass is 410 g/mol. The fourth-order valence-electron chi connectivity index (χ4n) is 6.18. The predicted molar refractivity (Wildman–Crippen MR) is 111 cm³/mol. The normalized spacial score (nSPS) is 30.7. The van der Waals surface area contributed by atoms with Crippen LogP contribution in [0, 0.1) is 29.5 Å². The quantitative estimate of drug-likeness (QED) is 0.582. The number of halogens is 2. The van der Waals surface area contributed by atoms with E-state index in [0.717, 1.165) is 43.2 Å². The highest BCUT2D eigenvalue weighted by Gasteiger charge is 2.59. The van der Waals surface area contributed by atoms with E-state index >= 15 is 0 Å². The smallest absolute Gasteiger partial charge is 0.151 e. The molecule has 2 nitrogen and oxygen atoms in total. The minimum atomic E-state index is -0.684. The lowest BCUT2D eigenvalue weighted by Gasteiger charge is -2.43. The van der Waals surface area contributed by atoms with Crippen molar-refractivity contribution in [2.75, 3.05) is 0 Å². The Labute approximate surface area is 175 Å². The van der Waals surface area contributed by atoms with Crippen LogP contribution in [0.4, 0.5) is 4.39 Å². The molecular formula is C25H24ClFO2. The number of hydrogen-bond donors (Lipinski definition) is 0. The van der Waals surface area contributed by atoms with Crippen molar-refractivity contribution in [1.29, 1.82) is 0 Å². The topological polar surface area (TPSA) is 34.1 Å². The number of rotatable bonds is 3. The number of carbonyl (C=O) groups is 2. The van der Waals surface area contributed by atoms with Crippen LogP contribution in [0.25, 0.3) is 11.1 Å². The van der Waals surface area contributed by atoms with E-state index in [1.54, 1.807) is 12.1 Å². The Hall–Kier alpha value is -2.00. The van der Waals surface area contributed by atoms with Gasteiger partial charge in [0, 0.05) is 22.4 Å². The Bertz CT molecular complexity index is 976. The van der Waals surface area contributed by atoms with Crippen molar-refractivity contribution >= 4 is 23.2 Å². The third kappa shape index (κ3) is 2.89. The van der Waals surface area contributed by atoms with Crippen molar-refractivity contribution in [2.24, 2.45) is 23.7 Å². The molecule has 150 valence electrons. The molecule has 0 radical (unpaired) electrons. The van der Waals surface area contributed by atoms with Crippen LogP contribution in [0.1, 0.15) is 49.7 Å². The first-order valence-corrected chi connectivity index (χ1v) is 11.0. The largest absolute Gasteiger partial charge is 0.298 e. The van der Waals surface area contributed by atoms with Gasteiger partial charge in [0.15, 0.2) is 11.6 Å². The molecule has 2 atom stereocenters. The summed E-state index contributed by atoms with van der Waals surface area (Å²) >= 11 is 5.90. The van der Waals surface area contributed by atoms with Gasteiger partial charge in [0.25, 0.3) is 0 Å². The van der Waals surface area contributed by atoms with Crippen molar-refractivity contribution in [2.45, 2.75) is 44.9 Å². The third-order valence-corrected chi connectivity index (χ3v) is 7.76. The summed E-state index contributed by atoms with van der Waals surface area (Å²) in [5.41, 5.74) is 2.91. The summed E-state index contributed by atoms with van der Waals surface area (Å²) in [6.45, 7) is 2.03. The molecule has 4 fully saturated rings. The highest BCUT2D eigenvalue weighted by molar-refractivity contribution is 6.30. The molecule has 4 heteroatoms. The molecule has 4 saturated carbocycles. The maximum atomic E-state index is 14.5. The first-order chi connectivity index (χ1) is 14.0. The van der Waals surface area contributed by atoms with E-state index in [0.29, 0.717) is 28.0 Å². The first-order valence-electron chi connectivity index (χ1n) is 10.6. The van der Waals surface area contributed by atoms with Gasteiger partial charge in [-0.15, -0.1) is 0 Å². The lowest BCUT2D eigenvalue weighted by atomic mass is 9.59. The zero-order valence-corrected chi connectivity index (χ0v) is 17.2. The molecule has 2 unspecified atom stereocenters. The first kappa shape index (κ1) is 19.0. The summed E-state index contributed by atoms with van der Waals surface area (Å²) < 4.78 is 14.5. The number of hydrogen-bond acceptors (Lipinski definition) is 2. The zero-order chi connectivity index (χ0) is 20.3. The Balaban J connectivity index is 1.60. The number of aryl methyl sites for hydroxylation is 1. The van der Waals surface area contributed by atoms with Gasteiger partial charge in [-0.25, -0.2) is 4.39 Å². The highest BCUT2D eigenvalue weighted by atomic mass is 35.5. The van der Waals surface area contributed by atoms with Gasteiger partial charge in [-0.1, -0.05) is 30.7 Å². The second-order valence-electron chi connectivity index (χ2n) is 8.86. The number of ketones is 2. The van der Waals surface area contributed by atoms with Crippen LogP contribution >= 0.6 is 11.6 Å². The number of carbonyl (C=O) groups excluding carboxylic acids is 2. The minimum absolute atomic E-state index is 0.0966. The molecule has 0 N–H and O–H groups in total. The van der Waals surface area contributed by atoms with E-state index in [9.17, 15) is 14.0 Å². The van der Waals surface area contributed by atoms with Crippen LogP contribution in [-0.4, -0.2) is 11.6 Å². The van der Waals surface area contributed by atoms with Gasteiger partial charge in [-0.05, 0) is 84.9 Å². The van der Waals surface area contributed by atoms with Gasteiger partial charge >= 0.3 is 0 Å². The highest BCUT2D eigenvalue weighted by Crippen LogP contribution is 2.56. The maximum Gasteiger partial charge on any atom is 0.151 e. The lowest BCUT2D eigenvalue weighted by Crippen LogP contribution is -2.41. The molecule has 2 aromatic rings. The Morgan fingerprint density at radius 3 is 2.10 bits per heavy atom. The van der Waals surface area contributed by atoms with Crippen molar-refractivity contribution in [3.63, 3.8) is 0 Å². The summed E-state index contributed by atoms with van der Waals surface area (Å²) in [7, 11) is 0. The van der Waals surface area contributed by atoms with Crippen molar-refractivity contribution < 1.29 is 14.0 Å². The van der Waals surface area contributed by atoms with Crippen molar-refractivity contribution in [1.82, 2.24) is 0 Å². The molecule has 2 bridgehead atoms. The summed E-state index contributed by atoms with van der Waals surface area (Å²) in [4.78, 5) is 26.9. The van der Waals surface area contributed by atoms with Gasteiger partial charge in [0.05, 0.1) is 0 Å². The van der Waals surface area contributed by atoms with E-state index in [4.69, 9.17) is 11.6 Å². The maximum absolute atomic E-state index is 14.5. The summed E-state index contributed by atoms with van der Waals surface area (Å²) in [5, 5.41) is 0.345. The third-order valence-electron chi connectivity index (χ3n) is 7.53. The fourth-order valence-corrected chi connectivity index (χ4v) is 6.34. The molecule has 6 rings (SSSR count). The van der Waals surface area contributed by atoms with Gasteiger partial charge in [0.1, 0.15) is 11.7 Å². The average molecular weight is 411 g/mol. The van der Waals surface area contributed by atoms with E-state index in [-0.39, 0.29) is 23.4 Å². The Morgan fingerprint density at radius 2 is 1.55 bits per heavy atom. The van der Waals surface area contributed by atoms with Crippen LogP contribution in [0.15, 0.2) is 36.4 Å². The Morgan fingerprint density at radius 1 is 0.931 bits per heavy atom. The molecule has 29 heavy (non-hydrogen) atoms. The average Bonchev–Trinajstić information content (AvgIpc) is 3.01. The zero-order valence-electron chi connectivity index (χ0n) is 16.5. The molecule has 0 aliphatic heterocycles. The van der Waals surface area contributed by atoms with Crippen LogP contribution in [-0.2, 0) is 16.0 Å². The molecule has 4 aliphatic rings. The van der Waals surface area contributed by atoms with Crippen LogP contribution in [0.2, 0.25) is 5.02 Å². The van der Waals surface area contributed by atoms with E-state index in [1.165, 1.54) is 6.07 Å². The standard InChI is InChI=1S/C25H24ClFO2/c1-2-13-3-8-16(18-10-9-17(26)12-20(18)27)11-19(13)23-24(28)21-14-4-5-15(7-6-14)22(21)25(23)29/h3,8-12,14-15,21-23H,2,4-7H2,1H3. The second kappa shape index (κ2) is 7.05.